The highest BCUT2D eigenvalue weighted by Gasteiger charge is 2.19. The van der Waals surface area contributed by atoms with Gasteiger partial charge in [0.1, 0.15) is 11.6 Å². The predicted molar refractivity (Wildman–Crippen MR) is 101 cm³/mol. The predicted octanol–water partition coefficient (Wildman–Crippen LogP) is 3.43. The summed E-state index contributed by atoms with van der Waals surface area (Å²) in [6.45, 7) is 8.29. The zero-order valence-corrected chi connectivity index (χ0v) is 15.5. The third-order valence-corrected chi connectivity index (χ3v) is 4.91. The van der Waals surface area contributed by atoms with Crippen LogP contribution in [0.5, 0.6) is 5.75 Å². The molecule has 25 heavy (non-hydrogen) atoms. The Hall–Kier alpha value is -2.14. The van der Waals surface area contributed by atoms with E-state index < -0.39 is 0 Å². The lowest BCUT2D eigenvalue weighted by Gasteiger charge is -2.32. The molecule has 5 nitrogen and oxygen atoms in total. The third kappa shape index (κ3) is 4.92. The monoisotopic (exact) mass is 340 g/mol. The van der Waals surface area contributed by atoms with Gasteiger partial charge in [-0.3, -0.25) is 9.88 Å². The van der Waals surface area contributed by atoms with Crippen LogP contribution in [0, 0.1) is 19.8 Å². The van der Waals surface area contributed by atoms with Crippen molar-refractivity contribution in [2.45, 2.75) is 33.2 Å². The topological polar surface area (TPSA) is 50.3 Å². The van der Waals surface area contributed by atoms with E-state index in [2.05, 4.69) is 32.3 Å². The Kier molecular flexibility index (Phi) is 5.87. The van der Waals surface area contributed by atoms with Crippen molar-refractivity contribution in [1.29, 1.82) is 0 Å². The highest BCUT2D eigenvalue weighted by molar-refractivity contribution is 5.39. The van der Waals surface area contributed by atoms with Crippen LogP contribution in [-0.4, -0.2) is 41.6 Å². The smallest absolute Gasteiger partial charge is 0.147 e. The molecule has 0 saturated carbocycles. The van der Waals surface area contributed by atoms with Gasteiger partial charge in [0.05, 0.1) is 18.5 Å². The lowest BCUT2D eigenvalue weighted by molar-refractivity contribution is 0.182. The molecular weight excluding hydrogens is 312 g/mol. The summed E-state index contributed by atoms with van der Waals surface area (Å²) in [6.07, 6.45) is 4.26. The number of aryl methyl sites for hydroxylation is 2. The van der Waals surface area contributed by atoms with Gasteiger partial charge in [-0.25, -0.2) is 4.98 Å². The molecule has 0 spiro atoms. The van der Waals surface area contributed by atoms with Crippen molar-refractivity contribution in [2.24, 2.45) is 5.92 Å². The Bertz CT molecular complexity index is 679. The van der Waals surface area contributed by atoms with E-state index in [4.69, 9.17) is 4.74 Å². The van der Waals surface area contributed by atoms with E-state index in [-0.39, 0.29) is 0 Å². The number of nitrogens with zero attached hydrogens (tertiary/aromatic N) is 3. The van der Waals surface area contributed by atoms with Crippen LogP contribution in [0.2, 0.25) is 0 Å². The quantitative estimate of drug-likeness (QED) is 0.873. The van der Waals surface area contributed by atoms with Gasteiger partial charge in [0.2, 0.25) is 0 Å². The van der Waals surface area contributed by atoms with Crippen LogP contribution in [0.3, 0.4) is 0 Å². The summed E-state index contributed by atoms with van der Waals surface area (Å²) >= 11 is 0. The summed E-state index contributed by atoms with van der Waals surface area (Å²) in [4.78, 5) is 11.5. The van der Waals surface area contributed by atoms with Crippen molar-refractivity contribution in [3.8, 4) is 5.75 Å². The maximum Gasteiger partial charge on any atom is 0.147 e. The van der Waals surface area contributed by atoms with Crippen LogP contribution < -0.4 is 10.1 Å². The molecule has 0 radical (unpaired) electrons. The molecule has 3 rings (SSSR count). The largest absolute Gasteiger partial charge is 0.497 e. The molecule has 134 valence electrons. The van der Waals surface area contributed by atoms with Crippen LogP contribution >= 0.6 is 0 Å². The maximum atomic E-state index is 5.22. The highest BCUT2D eigenvalue weighted by Crippen LogP contribution is 2.21. The van der Waals surface area contributed by atoms with Crippen molar-refractivity contribution in [3.63, 3.8) is 0 Å². The van der Waals surface area contributed by atoms with Gasteiger partial charge >= 0.3 is 0 Å². The van der Waals surface area contributed by atoms with Gasteiger partial charge in [-0.15, -0.1) is 0 Å². The number of methoxy groups -OCH3 is 1. The fraction of sp³-hybridized carbons (Fsp3) is 0.500. The summed E-state index contributed by atoms with van der Waals surface area (Å²) in [5.74, 6) is 2.55. The number of aromatic nitrogens is 2. The van der Waals surface area contributed by atoms with Gasteiger partial charge < -0.3 is 10.1 Å². The van der Waals surface area contributed by atoms with Gasteiger partial charge in [0, 0.05) is 19.3 Å². The highest BCUT2D eigenvalue weighted by atomic mass is 16.5. The first-order valence-electron chi connectivity index (χ1n) is 9.03. The number of nitrogens with one attached hydrogen (secondary N) is 1. The molecule has 1 fully saturated rings. The van der Waals surface area contributed by atoms with Crippen molar-refractivity contribution in [2.75, 3.05) is 32.1 Å². The van der Waals surface area contributed by atoms with Gasteiger partial charge in [-0.1, -0.05) is 12.1 Å². The second kappa shape index (κ2) is 8.30. The van der Waals surface area contributed by atoms with Crippen LogP contribution in [0.25, 0.3) is 0 Å². The number of rotatable bonds is 6. The Morgan fingerprint density at radius 1 is 1.16 bits per heavy atom. The molecule has 5 heteroatoms. The average Bonchev–Trinajstić information content (AvgIpc) is 2.64. The minimum absolute atomic E-state index is 0.703. The molecule has 0 unspecified atom stereocenters. The van der Waals surface area contributed by atoms with Gasteiger partial charge in [0.25, 0.3) is 0 Å². The van der Waals surface area contributed by atoms with Crippen molar-refractivity contribution in [1.82, 2.24) is 14.9 Å². The molecule has 2 aromatic rings. The van der Waals surface area contributed by atoms with E-state index in [0.717, 1.165) is 49.1 Å². The Balaban J connectivity index is 1.44. The molecule has 2 heterocycles. The number of anilines is 1. The van der Waals surface area contributed by atoms with Crippen LogP contribution in [-0.2, 0) is 6.54 Å². The summed E-state index contributed by atoms with van der Waals surface area (Å²) in [7, 11) is 1.71. The lowest BCUT2D eigenvalue weighted by Crippen LogP contribution is -2.35. The molecule has 1 aromatic heterocycles. The van der Waals surface area contributed by atoms with E-state index in [0.29, 0.717) is 5.92 Å². The standard InChI is InChI=1S/C20H28N4O/c1-15-12-21-16(2)20(23-15)22-13-17-8-10-24(11-9-17)14-18-4-6-19(25-3)7-5-18/h4-7,12,17H,8-11,13-14H2,1-3H3,(H,22,23). The minimum Gasteiger partial charge on any atom is -0.497 e. The van der Waals surface area contributed by atoms with E-state index in [1.165, 1.54) is 18.4 Å². The maximum absolute atomic E-state index is 5.22. The van der Waals surface area contributed by atoms with Gasteiger partial charge in [-0.2, -0.15) is 0 Å². The van der Waals surface area contributed by atoms with Crippen molar-refractivity contribution < 1.29 is 4.74 Å². The SMILES string of the molecule is COc1ccc(CN2CCC(CNc3nc(C)cnc3C)CC2)cc1. The molecule has 0 amide bonds. The molecule has 0 bridgehead atoms. The second-order valence-corrected chi connectivity index (χ2v) is 6.89. The van der Waals surface area contributed by atoms with E-state index >= 15 is 0 Å². The molecule has 1 aliphatic rings. The lowest BCUT2D eigenvalue weighted by atomic mass is 9.96. The molecular formula is C20H28N4O. The number of hydrogen-bond donors (Lipinski definition) is 1. The third-order valence-electron chi connectivity index (χ3n) is 4.91. The van der Waals surface area contributed by atoms with Crippen LogP contribution in [0.1, 0.15) is 29.8 Å². The van der Waals surface area contributed by atoms with E-state index in [9.17, 15) is 0 Å². The van der Waals surface area contributed by atoms with Gasteiger partial charge in [-0.05, 0) is 63.4 Å². The Morgan fingerprint density at radius 3 is 2.56 bits per heavy atom. The normalized spacial score (nSPS) is 16.0. The van der Waals surface area contributed by atoms with E-state index in [1.807, 2.05) is 32.2 Å². The number of piperidine rings is 1. The first-order chi connectivity index (χ1) is 12.1. The number of benzene rings is 1. The number of hydrogen-bond acceptors (Lipinski definition) is 5. The molecule has 1 aliphatic heterocycles. The summed E-state index contributed by atoms with van der Waals surface area (Å²) in [5, 5.41) is 3.49. The van der Waals surface area contributed by atoms with Gasteiger partial charge in [0.15, 0.2) is 0 Å². The molecule has 1 aromatic carbocycles. The molecule has 0 atom stereocenters. The minimum atomic E-state index is 0.703. The van der Waals surface area contributed by atoms with Crippen molar-refractivity contribution >= 4 is 5.82 Å². The zero-order valence-electron chi connectivity index (χ0n) is 15.5. The van der Waals surface area contributed by atoms with Crippen LogP contribution in [0.4, 0.5) is 5.82 Å². The molecule has 0 aliphatic carbocycles. The van der Waals surface area contributed by atoms with E-state index in [1.54, 1.807) is 7.11 Å². The average molecular weight is 340 g/mol. The first-order valence-corrected chi connectivity index (χ1v) is 9.03. The summed E-state index contributed by atoms with van der Waals surface area (Å²) < 4.78 is 5.22. The number of likely N-dealkylation sites (tertiary alicyclic amines) is 1. The first kappa shape index (κ1) is 17.7. The second-order valence-electron chi connectivity index (χ2n) is 6.89. The number of ether oxygens (including phenoxy) is 1. The molecule has 1 saturated heterocycles. The summed E-state index contributed by atoms with van der Waals surface area (Å²) in [5.41, 5.74) is 3.29. The Morgan fingerprint density at radius 2 is 1.88 bits per heavy atom. The molecule has 1 N–H and O–H groups in total. The fourth-order valence-electron chi connectivity index (χ4n) is 3.28. The van der Waals surface area contributed by atoms with Crippen LogP contribution in [0.15, 0.2) is 30.5 Å². The fourth-order valence-corrected chi connectivity index (χ4v) is 3.28. The van der Waals surface area contributed by atoms with Crippen molar-refractivity contribution in [3.05, 3.63) is 47.4 Å². The Labute approximate surface area is 150 Å². The zero-order chi connectivity index (χ0) is 17.6. The summed E-state index contributed by atoms with van der Waals surface area (Å²) in [6, 6.07) is 8.39.